The lowest BCUT2D eigenvalue weighted by molar-refractivity contribution is -0.142. The van der Waals surface area contributed by atoms with E-state index in [9.17, 15) is 14.4 Å². The first-order chi connectivity index (χ1) is 10.2. The highest BCUT2D eigenvalue weighted by Crippen LogP contribution is 2.09. The van der Waals surface area contributed by atoms with Gasteiger partial charge in [0.2, 0.25) is 5.91 Å². The van der Waals surface area contributed by atoms with E-state index in [1.54, 1.807) is 41.5 Å². The Bertz CT molecular complexity index is 436. The number of amides is 2. The van der Waals surface area contributed by atoms with Crippen molar-refractivity contribution in [1.29, 1.82) is 0 Å². The van der Waals surface area contributed by atoms with Gasteiger partial charge in [0.1, 0.15) is 17.7 Å². The number of alkyl carbamates (subject to hydrolysis) is 1. The summed E-state index contributed by atoms with van der Waals surface area (Å²) in [5.74, 6) is -1.83. The lowest BCUT2D eigenvalue weighted by Gasteiger charge is -2.26. The van der Waals surface area contributed by atoms with Crippen molar-refractivity contribution in [2.24, 2.45) is 0 Å². The van der Waals surface area contributed by atoms with Gasteiger partial charge in [-0.2, -0.15) is 0 Å². The molecule has 8 nitrogen and oxygen atoms in total. The van der Waals surface area contributed by atoms with Gasteiger partial charge in [0.05, 0.1) is 12.2 Å². The van der Waals surface area contributed by atoms with Gasteiger partial charge >= 0.3 is 12.1 Å². The monoisotopic (exact) mass is 332 g/mol. The zero-order valence-corrected chi connectivity index (χ0v) is 14.9. The highest BCUT2D eigenvalue weighted by atomic mass is 16.6. The second kappa shape index (κ2) is 8.14. The van der Waals surface area contributed by atoms with Crippen molar-refractivity contribution in [1.82, 2.24) is 10.6 Å². The van der Waals surface area contributed by atoms with Crippen LogP contribution >= 0.6 is 0 Å². The van der Waals surface area contributed by atoms with Gasteiger partial charge in [0.15, 0.2) is 0 Å². The summed E-state index contributed by atoms with van der Waals surface area (Å²) in [5.41, 5.74) is -1.24. The van der Waals surface area contributed by atoms with Gasteiger partial charge in [0.25, 0.3) is 0 Å². The Morgan fingerprint density at radius 1 is 1.00 bits per heavy atom. The molecule has 0 aromatic carbocycles. The molecule has 0 aliphatic rings. The number of rotatable bonds is 6. The molecule has 0 aromatic rings. The molecule has 2 amide bonds. The molecule has 0 saturated heterocycles. The molecule has 8 heteroatoms. The summed E-state index contributed by atoms with van der Waals surface area (Å²) in [6, 6.07) is -2.15. The molecule has 0 unspecified atom stereocenters. The summed E-state index contributed by atoms with van der Waals surface area (Å²) in [6.45, 7) is 11.7. The number of nitrogens with one attached hydrogen (secondary N) is 2. The third-order valence-electron chi connectivity index (χ3n) is 2.42. The van der Waals surface area contributed by atoms with Crippen LogP contribution in [0.4, 0.5) is 4.79 Å². The molecule has 0 spiro atoms. The van der Waals surface area contributed by atoms with E-state index >= 15 is 0 Å². The zero-order valence-electron chi connectivity index (χ0n) is 14.9. The fourth-order valence-electron chi connectivity index (χ4n) is 1.34. The van der Waals surface area contributed by atoms with Crippen LogP contribution in [0.2, 0.25) is 0 Å². The second-order valence-electron chi connectivity index (χ2n) is 7.19. The Morgan fingerprint density at radius 3 is 1.91 bits per heavy atom. The highest BCUT2D eigenvalue weighted by molar-refractivity contribution is 5.89. The minimum absolute atomic E-state index is 0.110. The first-order valence-electron chi connectivity index (χ1n) is 7.38. The summed E-state index contributed by atoms with van der Waals surface area (Å²) in [6.07, 6.45) is -0.780. The van der Waals surface area contributed by atoms with E-state index in [4.69, 9.17) is 14.6 Å². The van der Waals surface area contributed by atoms with Gasteiger partial charge in [-0.05, 0) is 48.5 Å². The van der Waals surface area contributed by atoms with Crippen molar-refractivity contribution in [3.8, 4) is 0 Å². The number of carbonyl (C=O) groups is 3. The average Bonchev–Trinajstić information content (AvgIpc) is 2.30. The third-order valence-corrected chi connectivity index (χ3v) is 2.42. The van der Waals surface area contributed by atoms with E-state index in [1.165, 1.54) is 6.92 Å². The molecule has 0 heterocycles. The Hall–Kier alpha value is -1.83. The van der Waals surface area contributed by atoms with Crippen molar-refractivity contribution in [2.45, 2.75) is 71.8 Å². The third kappa shape index (κ3) is 10.5. The van der Waals surface area contributed by atoms with Crippen LogP contribution in [0.5, 0.6) is 0 Å². The van der Waals surface area contributed by atoms with Crippen LogP contribution in [0, 0.1) is 0 Å². The van der Waals surface area contributed by atoms with Gasteiger partial charge in [-0.1, -0.05) is 0 Å². The predicted molar refractivity (Wildman–Crippen MR) is 84.1 cm³/mol. The highest BCUT2D eigenvalue weighted by Gasteiger charge is 2.28. The summed E-state index contributed by atoms with van der Waals surface area (Å²) in [7, 11) is 0. The first-order valence-corrected chi connectivity index (χ1v) is 7.38. The smallest absolute Gasteiger partial charge is 0.408 e. The van der Waals surface area contributed by atoms with Crippen molar-refractivity contribution in [3.63, 3.8) is 0 Å². The Morgan fingerprint density at radius 2 is 1.52 bits per heavy atom. The molecule has 134 valence electrons. The normalized spacial score (nSPS) is 14.6. The van der Waals surface area contributed by atoms with Crippen molar-refractivity contribution in [3.05, 3.63) is 0 Å². The van der Waals surface area contributed by atoms with Crippen LogP contribution in [0.1, 0.15) is 48.5 Å². The molecular formula is C15H28N2O6. The van der Waals surface area contributed by atoms with Gasteiger partial charge in [0, 0.05) is 0 Å². The van der Waals surface area contributed by atoms with E-state index in [1.807, 2.05) is 0 Å². The van der Waals surface area contributed by atoms with Crippen LogP contribution in [-0.2, 0) is 19.1 Å². The second-order valence-corrected chi connectivity index (χ2v) is 7.19. The SMILES string of the molecule is C[C@H](NC(=O)[C@H](COC(C)(C)C)NC(=O)OC(C)(C)C)C(=O)O. The van der Waals surface area contributed by atoms with E-state index in [0.29, 0.717) is 0 Å². The van der Waals surface area contributed by atoms with E-state index in [0.717, 1.165) is 0 Å². The molecule has 0 rings (SSSR count). The van der Waals surface area contributed by atoms with Crippen molar-refractivity contribution >= 4 is 18.0 Å². The number of hydrogen-bond acceptors (Lipinski definition) is 5. The van der Waals surface area contributed by atoms with E-state index in [2.05, 4.69) is 10.6 Å². The summed E-state index contributed by atoms with van der Waals surface area (Å²) in [4.78, 5) is 34.8. The fourth-order valence-corrected chi connectivity index (χ4v) is 1.34. The number of ether oxygens (including phenoxy) is 2. The predicted octanol–water partition coefficient (Wildman–Crippen LogP) is 1.28. The molecule has 0 aliphatic heterocycles. The largest absolute Gasteiger partial charge is 0.480 e. The van der Waals surface area contributed by atoms with Crippen molar-refractivity contribution in [2.75, 3.05) is 6.61 Å². The Labute approximate surface area is 136 Å². The van der Waals surface area contributed by atoms with Crippen LogP contribution in [-0.4, -0.2) is 53.0 Å². The minimum atomic E-state index is -1.17. The lowest BCUT2D eigenvalue weighted by Crippen LogP contribution is -2.54. The van der Waals surface area contributed by atoms with Gasteiger partial charge in [-0.3, -0.25) is 9.59 Å². The lowest BCUT2D eigenvalue weighted by atomic mass is 10.2. The molecule has 0 fully saturated rings. The standard InChI is InChI=1S/C15H28N2O6/c1-9(12(19)20)16-11(18)10(8-22-14(2,3)4)17-13(21)23-15(5,6)7/h9-10H,8H2,1-7H3,(H,16,18)(H,17,21)(H,19,20)/t9-,10-/m0/s1. The minimum Gasteiger partial charge on any atom is -0.480 e. The average molecular weight is 332 g/mol. The van der Waals surface area contributed by atoms with Crippen LogP contribution in [0.3, 0.4) is 0 Å². The molecule has 3 N–H and O–H groups in total. The Kier molecular flexibility index (Phi) is 7.50. The summed E-state index contributed by atoms with van der Waals surface area (Å²) in [5, 5.41) is 13.5. The molecule has 0 aliphatic carbocycles. The molecule has 0 radical (unpaired) electrons. The van der Waals surface area contributed by atoms with Crippen LogP contribution in [0.25, 0.3) is 0 Å². The van der Waals surface area contributed by atoms with E-state index in [-0.39, 0.29) is 6.61 Å². The molecule has 0 aromatic heterocycles. The zero-order chi connectivity index (χ0) is 18.4. The van der Waals surface area contributed by atoms with Gasteiger partial charge < -0.3 is 25.2 Å². The maximum absolute atomic E-state index is 12.2. The van der Waals surface area contributed by atoms with Crippen LogP contribution in [0.15, 0.2) is 0 Å². The maximum atomic E-state index is 12.2. The molecular weight excluding hydrogens is 304 g/mol. The molecule has 0 saturated carbocycles. The molecule has 2 atom stereocenters. The number of carboxylic acid groups (broad SMARTS) is 1. The quantitative estimate of drug-likeness (QED) is 0.675. The molecule has 0 bridgehead atoms. The number of carboxylic acids is 1. The van der Waals surface area contributed by atoms with Crippen LogP contribution < -0.4 is 10.6 Å². The van der Waals surface area contributed by atoms with E-state index < -0.39 is 41.3 Å². The number of carbonyl (C=O) groups excluding carboxylic acids is 2. The number of hydrogen-bond donors (Lipinski definition) is 3. The number of aliphatic carboxylic acids is 1. The first kappa shape index (κ1) is 21.2. The Balaban J connectivity index is 4.90. The maximum Gasteiger partial charge on any atom is 0.408 e. The van der Waals surface area contributed by atoms with Gasteiger partial charge in [-0.15, -0.1) is 0 Å². The van der Waals surface area contributed by atoms with Gasteiger partial charge in [-0.25, -0.2) is 4.79 Å². The van der Waals surface area contributed by atoms with Crippen molar-refractivity contribution < 1.29 is 29.0 Å². The fraction of sp³-hybridized carbons (Fsp3) is 0.800. The topological polar surface area (TPSA) is 114 Å². The molecule has 23 heavy (non-hydrogen) atoms. The summed E-state index contributed by atoms with van der Waals surface area (Å²) >= 11 is 0. The summed E-state index contributed by atoms with van der Waals surface area (Å²) < 4.78 is 10.6.